The second-order valence-corrected chi connectivity index (χ2v) is 9.49. The minimum atomic E-state index is -0.0522. The van der Waals surface area contributed by atoms with E-state index in [0.29, 0.717) is 0 Å². The molecule has 0 aromatic heterocycles. The molecule has 0 aliphatic carbocycles. The van der Waals surface area contributed by atoms with Gasteiger partial charge in [-0.05, 0) is 94.7 Å². The summed E-state index contributed by atoms with van der Waals surface area (Å²) in [6.07, 6.45) is 6.67. The van der Waals surface area contributed by atoms with Gasteiger partial charge in [0.2, 0.25) is 0 Å². The molecule has 1 aliphatic rings. The number of hydrogen-bond donors (Lipinski definition) is 0. The lowest BCUT2D eigenvalue weighted by molar-refractivity contribution is 0.252. The maximum Gasteiger partial charge on any atom is 0.142 e. The van der Waals surface area contributed by atoms with Gasteiger partial charge < -0.3 is 19.4 Å². The summed E-state index contributed by atoms with van der Waals surface area (Å²) >= 11 is 0. The van der Waals surface area contributed by atoms with Gasteiger partial charge in [0, 0.05) is 24.3 Å². The minimum Gasteiger partial charge on any atom is -0.481 e. The molecule has 174 valence electrons. The van der Waals surface area contributed by atoms with Crippen LogP contribution in [0.4, 0.5) is 5.69 Å². The molecule has 4 rings (SSSR count). The Kier molecular flexibility index (Phi) is 7.69. The molecule has 1 aliphatic heterocycles. The topological polar surface area (TPSA) is 19.0 Å². The van der Waals surface area contributed by atoms with Crippen molar-refractivity contribution in [2.75, 3.05) is 59.3 Å². The number of ether oxygens (including phenoxy) is 1. The highest BCUT2D eigenvalue weighted by molar-refractivity contribution is 5.93. The van der Waals surface area contributed by atoms with E-state index in [2.05, 4.69) is 116 Å². The molecule has 0 radical (unpaired) electrons. The van der Waals surface area contributed by atoms with Crippen molar-refractivity contribution in [1.82, 2.24) is 9.80 Å². The zero-order valence-corrected chi connectivity index (χ0v) is 20.5. The Morgan fingerprint density at radius 2 is 1.39 bits per heavy atom. The zero-order valence-electron chi connectivity index (χ0n) is 20.5. The first-order chi connectivity index (χ1) is 16.0. The Hall–Kier alpha value is -2.82. The van der Waals surface area contributed by atoms with Gasteiger partial charge in [-0.15, -0.1) is 0 Å². The van der Waals surface area contributed by atoms with Gasteiger partial charge in [0.15, 0.2) is 0 Å². The Balaban J connectivity index is 1.47. The highest BCUT2D eigenvalue weighted by Crippen LogP contribution is 2.37. The lowest BCUT2D eigenvalue weighted by Crippen LogP contribution is -2.30. The molecule has 0 N–H and O–H groups in total. The second kappa shape index (κ2) is 10.9. The molecular formula is C29H37N3O. The fourth-order valence-corrected chi connectivity index (χ4v) is 4.49. The highest BCUT2D eigenvalue weighted by atomic mass is 16.5. The van der Waals surface area contributed by atoms with Crippen molar-refractivity contribution < 1.29 is 4.74 Å². The Labute approximate surface area is 199 Å². The summed E-state index contributed by atoms with van der Waals surface area (Å²) in [6, 6.07) is 21.7. The van der Waals surface area contributed by atoms with Crippen LogP contribution in [0, 0.1) is 0 Å². The van der Waals surface area contributed by atoms with Crippen LogP contribution in [-0.2, 0) is 0 Å². The van der Waals surface area contributed by atoms with Crippen molar-refractivity contribution in [3.63, 3.8) is 0 Å². The average molecular weight is 444 g/mol. The van der Waals surface area contributed by atoms with Crippen LogP contribution in [0.25, 0.3) is 16.8 Å². The molecule has 4 heteroatoms. The SMILES string of the molecule is CN(C)CCCN(CCCN(C)C)c1ccc(C2C=Cc3c(ccc4ccccc34)O2)cc1. The molecule has 1 heterocycles. The number of fused-ring (bicyclic) bond motifs is 3. The van der Waals surface area contributed by atoms with Gasteiger partial charge in [0.05, 0.1) is 0 Å². The maximum atomic E-state index is 6.40. The van der Waals surface area contributed by atoms with Crippen LogP contribution in [0.5, 0.6) is 5.75 Å². The van der Waals surface area contributed by atoms with Gasteiger partial charge in [-0.2, -0.15) is 0 Å². The molecule has 1 unspecified atom stereocenters. The van der Waals surface area contributed by atoms with Crippen molar-refractivity contribution in [2.24, 2.45) is 0 Å². The highest BCUT2D eigenvalue weighted by Gasteiger charge is 2.18. The Morgan fingerprint density at radius 3 is 2.06 bits per heavy atom. The predicted molar refractivity (Wildman–Crippen MR) is 141 cm³/mol. The van der Waals surface area contributed by atoms with Crippen molar-refractivity contribution >= 4 is 22.5 Å². The third-order valence-corrected chi connectivity index (χ3v) is 6.28. The van der Waals surface area contributed by atoms with E-state index >= 15 is 0 Å². The number of benzene rings is 3. The van der Waals surface area contributed by atoms with Gasteiger partial charge >= 0.3 is 0 Å². The number of anilines is 1. The minimum absolute atomic E-state index is 0.0522. The van der Waals surface area contributed by atoms with E-state index in [1.54, 1.807) is 0 Å². The molecule has 0 bridgehead atoms. The lowest BCUT2D eigenvalue weighted by atomic mass is 9.99. The quantitative estimate of drug-likeness (QED) is 0.400. The molecule has 3 aromatic rings. The standard InChI is InChI=1S/C29H37N3O/c1-30(2)19-7-21-32(22-8-20-31(3)4)25-14-11-24(12-15-25)28-18-16-27-26-10-6-5-9-23(26)13-17-29(27)33-28/h5-6,9-18,28H,7-8,19-22H2,1-4H3. The molecule has 0 saturated heterocycles. The summed E-state index contributed by atoms with van der Waals surface area (Å²) in [6.45, 7) is 4.37. The third kappa shape index (κ3) is 5.95. The first-order valence-electron chi connectivity index (χ1n) is 12.0. The van der Waals surface area contributed by atoms with Crippen LogP contribution in [0.15, 0.2) is 66.7 Å². The van der Waals surface area contributed by atoms with Crippen LogP contribution in [-0.4, -0.2) is 64.2 Å². The molecular weight excluding hydrogens is 406 g/mol. The summed E-state index contributed by atoms with van der Waals surface area (Å²) in [5.74, 6) is 0.958. The van der Waals surface area contributed by atoms with Gasteiger partial charge in [0.1, 0.15) is 11.9 Å². The van der Waals surface area contributed by atoms with Crippen molar-refractivity contribution in [3.8, 4) is 5.75 Å². The van der Waals surface area contributed by atoms with Gasteiger partial charge in [-0.1, -0.05) is 48.5 Å². The van der Waals surface area contributed by atoms with E-state index in [0.717, 1.165) is 44.8 Å². The molecule has 0 spiro atoms. The number of hydrogen-bond acceptors (Lipinski definition) is 4. The summed E-state index contributed by atoms with van der Waals surface area (Å²) in [5.41, 5.74) is 3.66. The fourth-order valence-electron chi connectivity index (χ4n) is 4.49. The van der Waals surface area contributed by atoms with E-state index in [9.17, 15) is 0 Å². The molecule has 0 saturated carbocycles. The largest absolute Gasteiger partial charge is 0.481 e. The maximum absolute atomic E-state index is 6.40. The molecule has 0 fully saturated rings. The van der Waals surface area contributed by atoms with Crippen LogP contribution in [0.1, 0.15) is 30.1 Å². The van der Waals surface area contributed by atoms with E-state index in [1.165, 1.54) is 27.6 Å². The summed E-state index contributed by atoms with van der Waals surface area (Å²) in [5, 5.41) is 2.49. The second-order valence-electron chi connectivity index (χ2n) is 9.49. The molecule has 3 aromatic carbocycles. The first kappa shape index (κ1) is 23.3. The third-order valence-electron chi connectivity index (χ3n) is 6.28. The van der Waals surface area contributed by atoms with Gasteiger partial charge in [0.25, 0.3) is 0 Å². The van der Waals surface area contributed by atoms with Crippen LogP contribution < -0.4 is 9.64 Å². The number of nitrogens with zero attached hydrogens (tertiary/aromatic N) is 3. The van der Waals surface area contributed by atoms with Crippen molar-refractivity contribution in [1.29, 1.82) is 0 Å². The van der Waals surface area contributed by atoms with Crippen molar-refractivity contribution in [3.05, 3.63) is 77.9 Å². The van der Waals surface area contributed by atoms with E-state index in [-0.39, 0.29) is 6.10 Å². The molecule has 0 amide bonds. The summed E-state index contributed by atoms with van der Waals surface area (Å²) in [4.78, 5) is 7.04. The monoisotopic (exact) mass is 443 g/mol. The van der Waals surface area contributed by atoms with Crippen LogP contribution in [0.2, 0.25) is 0 Å². The Morgan fingerprint density at radius 1 is 0.727 bits per heavy atom. The average Bonchev–Trinajstić information content (AvgIpc) is 2.82. The summed E-state index contributed by atoms with van der Waals surface area (Å²) < 4.78 is 6.40. The fraction of sp³-hybridized carbons (Fsp3) is 0.379. The van der Waals surface area contributed by atoms with Crippen molar-refractivity contribution in [2.45, 2.75) is 18.9 Å². The lowest BCUT2D eigenvalue weighted by Gasteiger charge is -2.27. The van der Waals surface area contributed by atoms with Crippen LogP contribution in [0.3, 0.4) is 0 Å². The molecule has 1 atom stereocenters. The smallest absolute Gasteiger partial charge is 0.142 e. The first-order valence-corrected chi connectivity index (χ1v) is 12.0. The van der Waals surface area contributed by atoms with E-state index in [4.69, 9.17) is 4.74 Å². The number of rotatable bonds is 10. The summed E-state index contributed by atoms with van der Waals surface area (Å²) in [7, 11) is 8.57. The van der Waals surface area contributed by atoms with Crippen LogP contribution >= 0.6 is 0 Å². The van der Waals surface area contributed by atoms with E-state index < -0.39 is 0 Å². The van der Waals surface area contributed by atoms with Gasteiger partial charge in [-0.3, -0.25) is 0 Å². The molecule has 4 nitrogen and oxygen atoms in total. The normalized spacial score (nSPS) is 15.2. The Bertz CT molecular complexity index is 1060. The predicted octanol–water partition coefficient (Wildman–Crippen LogP) is 5.70. The van der Waals surface area contributed by atoms with E-state index in [1.807, 2.05) is 0 Å². The zero-order chi connectivity index (χ0) is 23.2. The van der Waals surface area contributed by atoms with Gasteiger partial charge in [-0.25, -0.2) is 0 Å². The molecule has 33 heavy (non-hydrogen) atoms.